The van der Waals surface area contributed by atoms with Crippen molar-refractivity contribution in [1.82, 2.24) is 9.88 Å². The summed E-state index contributed by atoms with van der Waals surface area (Å²) < 4.78 is 10.7. The number of methoxy groups -OCH3 is 1. The van der Waals surface area contributed by atoms with Crippen LogP contribution in [0.3, 0.4) is 0 Å². The molecular weight excluding hydrogens is 418 g/mol. The number of nitrogens with zero attached hydrogens (tertiary/aromatic N) is 3. The Morgan fingerprint density at radius 1 is 1.00 bits per heavy atom. The molecule has 7 heteroatoms. The Hall–Kier alpha value is -3.58. The van der Waals surface area contributed by atoms with Gasteiger partial charge in [-0.1, -0.05) is 24.3 Å². The van der Waals surface area contributed by atoms with E-state index in [9.17, 15) is 4.79 Å². The van der Waals surface area contributed by atoms with E-state index in [1.807, 2.05) is 61.5 Å². The first-order chi connectivity index (χ1) is 16.0. The quantitative estimate of drug-likeness (QED) is 0.562. The molecule has 4 rings (SSSR count). The van der Waals surface area contributed by atoms with E-state index in [-0.39, 0.29) is 6.61 Å². The average molecular weight is 448 g/mol. The maximum Gasteiger partial charge on any atom is 0.341 e. The second-order valence-corrected chi connectivity index (χ2v) is 8.13. The standard InChI is InChI=1S/C26H29N3O4/c1-19-4-3-5-25(27-19)29-14-12-28(13-15-29)17-21-16-23(33-18-26(30)31)10-11-24(21)20-6-8-22(32-2)9-7-20/h3-11,16H,12-15,17-18H2,1-2H3,(H,30,31). The Labute approximate surface area is 194 Å². The third kappa shape index (κ3) is 5.81. The van der Waals surface area contributed by atoms with Crippen molar-refractivity contribution in [2.75, 3.05) is 44.8 Å². The summed E-state index contributed by atoms with van der Waals surface area (Å²) in [6.07, 6.45) is 0. The lowest BCUT2D eigenvalue weighted by Crippen LogP contribution is -2.46. The molecule has 1 aromatic heterocycles. The summed E-state index contributed by atoms with van der Waals surface area (Å²) in [5, 5.41) is 8.97. The fourth-order valence-electron chi connectivity index (χ4n) is 4.07. The largest absolute Gasteiger partial charge is 0.497 e. The minimum absolute atomic E-state index is 0.358. The first-order valence-electron chi connectivity index (χ1n) is 11.0. The van der Waals surface area contributed by atoms with Crippen molar-refractivity contribution in [3.8, 4) is 22.6 Å². The molecule has 0 atom stereocenters. The molecule has 1 aliphatic rings. The van der Waals surface area contributed by atoms with Gasteiger partial charge in [0.25, 0.3) is 0 Å². The number of rotatable bonds is 8. The number of benzene rings is 2. The molecule has 0 radical (unpaired) electrons. The molecule has 0 spiro atoms. The topological polar surface area (TPSA) is 75.1 Å². The predicted octanol–water partition coefficient (Wildman–Crippen LogP) is 3.85. The molecule has 1 saturated heterocycles. The van der Waals surface area contributed by atoms with E-state index >= 15 is 0 Å². The van der Waals surface area contributed by atoms with Crippen LogP contribution < -0.4 is 14.4 Å². The number of anilines is 1. The van der Waals surface area contributed by atoms with Crippen LogP contribution in [0.4, 0.5) is 5.82 Å². The maximum atomic E-state index is 10.9. The lowest BCUT2D eigenvalue weighted by atomic mass is 9.98. The van der Waals surface area contributed by atoms with E-state index in [0.717, 1.165) is 66.7 Å². The van der Waals surface area contributed by atoms with Gasteiger partial charge >= 0.3 is 5.97 Å². The smallest absolute Gasteiger partial charge is 0.341 e. The molecule has 0 bridgehead atoms. The van der Waals surface area contributed by atoms with E-state index in [1.165, 1.54) is 0 Å². The summed E-state index contributed by atoms with van der Waals surface area (Å²) in [7, 11) is 1.65. The zero-order valence-corrected chi connectivity index (χ0v) is 19.0. The molecule has 1 fully saturated rings. The van der Waals surface area contributed by atoms with Gasteiger partial charge in [0.2, 0.25) is 0 Å². The zero-order valence-electron chi connectivity index (χ0n) is 19.0. The van der Waals surface area contributed by atoms with Gasteiger partial charge in [-0.3, -0.25) is 4.90 Å². The van der Waals surface area contributed by atoms with Crippen molar-refractivity contribution in [3.05, 3.63) is 71.9 Å². The number of aromatic nitrogens is 1. The van der Waals surface area contributed by atoms with E-state index in [2.05, 4.69) is 20.9 Å². The number of hydrogen-bond donors (Lipinski definition) is 1. The Bertz CT molecular complexity index is 1090. The van der Waals surface area contributed by atoms with Crippen LogP contribution in [0, 0.1) is 6.92 Å². The Kier molecular flexibility index (Phi) is 7.10. The van der Waals surface area contributed by atoms with Crippen molar-refractivity contribution in [2.45, 2.75) is 13.5 Å². The highest BCUT2D eigenvalue weighted by Crippen LogP contribution is 2.30. The van der Waals surface area contributed by atoms with Crippen LogP contribution in [-0.4, -0.2) is 60.9 Å². The average Bonchev–Trinajstić information content (AvgIpc) is 2.83. The SMILES string of the molecule is COc1ccc(-c2ccc(OCC(=O)O)cc2CN2CCN(c3cccc(C)n3)CC2)cc1. The minimum Gasteiger partial charge on any atom is -0.497 e. The van der Waals surface area contributed by atoms with Crippen molar-refractivity contribution in [1.29, 1.82) is 0 Å². The van der Waals surface area contributed by atoms with E-state index in [0.29, 0.717) is 5.75 Å². The molecule has 1 aliphatic heterocycles. The zero-order chi connectivity index (χ0) is 23.2. The number of carbonyl (C=O) groups is 1. The molecule has 0 saturated carbocycles. The van der Waals surface area contributed by atoms with E-state index in [1.54, 1.807) is 7.11 Å². The normalized spacial score (nSPS) is 14.2. The summed E-state index contributed by atoms with van der Waals surface area (Å²) in [4.78, 5) is 20.3. The van der Waals surface area contributed by atoms with E-state index < -0.39 is 5.97 Å². The third-order valence-electron chi connectivity index (χ3n) is 5.80. The highest BCUT2D eigenvalue weighted by Gasteiger charge is 2.20. The Morgan fingerprint density at radius 3 is 2.39 bits per heavy atom. The van der Waals surface area contributed by atoms with Gasteiger partial charge < -0.3 is 19.5 Å². The monoisotopic (exact) mass is 447 g/mol. The third-order valence-corrected chi connectivity index (χ3v) is 5.80. The second kappa shape index (κ2) is 10.4. The lowest BCUT2D eigenvalue weighted by molar-refractivity contribution is -0.139. The van der Waals surface area contributed by atoms with Crippen LogP contribution in [0.25, 0.3) is 11.1 Å². The van der Waals surface area contributed by atoms with Crippen molar-refractivity contribution in [2.24, 2.45) is 0 Å². The van der Waals surface area contributed by atoms with Gasteiger partial charge in [0.1, 0.15) is 17.3 Å². The Balaban J connectivity index is 1.51. The number of ether oxygens (including phenoxy) is 2. The fraction of sp³-hybridized carbons (Fsp3) is 0.308. The summed E-state index contributed by atoms with van der Waals surface area (Å²) in [5.41, 5.74) is 4.31. The molecule has 1 N–H and O–H groups in total. The highest BCUT2D eigenvalue weighted by molar-refractivity contribution is 5.70. The molecular formula is C26H29N3O4. The van der Waals surface area contributed by atoms with Crippen LogP contribution in [-0.2, 0) is 11.3 Å². The van der Waals surface area contributed by atoms with Gasteiger partial charge in [-0.15, -0.1) is 0 Å². The van der Waals surface area contributed by atoms with Gasteiger partial charge in [0.05, 0.1) is 7.11 Å². The number of carboxylic acids is 1. The van der Waals surface area contributed by atoms with Gasteiger partial charge in [0, 0.05) is 38.4 Å². The van der Waals surface area contributed by atoms with Gasteiger partial charge in [0.15, 0.2) is 6.61 Å². The number of aliphatic carboxylic acids is 1. The number of aryl methyl sites for hydroxylation is 1. The van der Waals surface area contributed by atoms with Gasteiger partial charge in [-0.2, -0.15) is 0 Å². The summed E-state index contributed by atoms with van der Waals surface area (Å²) in [5.74, 6) is 1.41. The van der Waals surface area contributed by atoms with Crippen LogP contribution in [0.15, 0.2) is 60.7 Å². The first-order valence-corrected chi connectivity index (χ1v) is 11.0. The molecule has 0 amide bonds. The van der Waals surface area contributed by atoms with Crippen molar-refractivity contribution >= 4 is 11.8 Å². The molecule has 2 aromatic carbocycles. The second-order valence-electron chi connectivity index (χ2n) is 8.13. The molecule has 33 heavy (non-hydrogen) atoms. The van der Waals surface area contributed by atoms with Gasteiger partial charge in [-0.05, 0) is 60.0 Å². The molecule has 2 heterocycles. The van der Waals surface area contributed by atoms with Crippen LogP contribution in [0.5, 0.6) is 11.5 Å². The van der Waals surface area contributed by atoms with Crippen LogP contribution in [0.2, 0.25) is 0 Å². The first kappa shape index (κ1) is 22.6. The molecule has 0 aliphatic carbocycles. The van der Waals surface area contributed by atoms with E-state index in [4.69, 9.17) is 14.6 Å². The summed E-state index contributed by atoms with van der Waals surface area (Å²) in [6, 6.07) is 19.9. The fourth-order valence-corrected chi connectivity index (χ4v) is 4.07. The molecule has 7 nitrogen and oxygen atoms in total. The molecule has 0 unspecified atom stereocenters. The summed E-state index contributed by atoms with van der Waals surface area (Å²) >= 11 is 0. The number of hydrogen-bond acceptors (Lipinski definition) is 6. The van der Waals surface area contributed by atoms with Crippen LogP contribution >= 0.6 is 0 Å². The summed E-state index contributed by atoms with van der Waals surface area (Å²) in [6.45, 7) is 6.05. The maximum absolute atomic E-state index is 10.9. The van der Waals surface area contributed by atoms with Crippen LogP contribution in [0.1, 0.15) is 11.3 Å². The highest BCUT2D eigenvalue weighted by atomic mass is 16.5. The Morgan fingerprint density at radius 2 is 1.73 bits per heavy atom. The van der Waals surface area contributed by atoms with Gasteiger partial charge in [-0.25, -0.2) is 9.78 Å². The van der Waals surface area contributed by atoms with Crippen molar-refractivity contribution < 1.29 is 19.4 Å². The molecule has 3 aromatic rings. The predicted molar refractivity (Wildman–Crippen MR) is 128 cm³/mol. The minimum atomic E-state index is -0.989. The number of carboxylic acid groups (broad SMARTS) is 1. The number of piperazine rings is 1. The lowest BCUT2D eigenvalue weighted by Gasteiger charge is -2.35. The number of pyridine rings is 1. The van der Waals surface area contributed by atoms with Crippen molar-refractivity contribution in [3.63, 3.8) is 0 Å². The molecule has 172 valence electrons.